The maximum atomic E-state index is 12.7. The number of rotatable bonds is 6. The smallest absolute Gasteiger partial charge is 0.348 e. The average Bonchev–Trinajstić information content (AvgIpc) is 2.94. The lowest BCUT2D eigenvalue weighted by molar-refractivity contribution is 0.0527. The van der Waals surface area contributed by atoms with Crippen LogP contribution in [0.4, 0.5) is 5.00 Å². The lowest BCUT2D eigenvalue weighted by Gasteiger charge is -2.08. The zero-order valence-corrected chi connectivity index (χ0v) is 16.9. The molecule has 0 aliphatic carbocycles. The standard InChI is InChI=1S/C20H23NO5S/c1-6-25-19(23)15-13(5)16(20(24)26-7-2)27-18(15)21-17(22)14-9-8-11(3)12(4)10-14/h8-10H,6-7H2,1-5H3,(H,21,22). The van der Waals surface area contributed by atoms with Gasteiger partial charge in [-0.2, -0.15) is 0 Å². The van der Waals surface area contributed by atoms with Crippen LogP contribution in [0.5, 0.6) is 0 Å². The molecule has 0 unspecified atom stereocenters. The molecule has 2 aromatic rings. The molecule has 0 spiro atoms. The van der Waals surface area contributed by atoms with Gasteiger partial charge >= 0.3 is 11.9 Å². The lowest BCUT2D eigenvalue weighted by atomic mass is 10.1. The highest BCUT2D eigenvalue weighted by atomic mass is 32.1. The summed E-state index contributed by atoms with van der Waals surface area (Å²) in [6, 6.07) is 5.36. The SMILES string of the molecule is CCOC(=O)c1sc(NC(=O)c2ccc(C)c(C)c2)c(C(=O)OCC)c1C. The predicted octanol–water partition coefficient (Wildman–Crippen LogP) is 4.28. The molecule has 0 saturated carbocycles. The van der Waals surface area contributed by atoms with Gasteiger partial charge in [-0.15, -0.1) is 11.3 Å². The highest BCUT2D eigenvalue weighted by Gasteiger charge is 2.27. The van der Waals surface area contributed by atoms with Crippen molar-refractivity contribution in [3.63, 3.8) is 0 Å². The monoisotopic (exact) mass is 389 g/mol. The third kappa shape index (κ3) is 4.54. The number of carbonyl (C=O) groups is 3. The summed E-state index contributed by atoms with van der Waals surface area (Å²) < 4.78 is 10.1. The van der Waals surface area contributed by atoms with Crippen LogP contribution >= 0.6 is 11.3 Å². The second-order valence-electron chi connectivity index (χ2n) is 5.95. The summed E-state index contributed by atoms with van der Waals surface area (Å²) in [7, 11) is 0. The quantitative estimate of drug-likeness (QED) is 0.746. The number of esters is 2. The van der Waals surface area contributed by atoms with Crippen molar-refractivity contribution in [3.05, 3.63) is 50.9 Å². The van der Waals surface area contributed by atoms with Gasteiger partial charge in [0.1, 0.15) is 9.88 Å². The predicted molar refractivity (Wildman–Crippen MR) is 105 cm³/mol. The van der Waals surface area contributed by atoms with E-state index in [1.807, 2.05) is 19.9 Å². The van der Waals surface area contributed by atoms with Crippen LogP contribution in [0.3, 0.4) is 0 Å². The Labute approximate surface area is 162 Å². The molecular formula is C20H23NO5S. The average molecular weight is 389 g/mol. The van der Waals surface area contributed by atoms with E-state index in [4.69, 9.17) is 9.47 Å². The molecule has 144 valence electrons. The minimum absolute atomic E-state index is 0.182. The van der Waals surface area contributed by atoms with E-state index >= 15 is 0 Å². The van der Waals surface area contributed by atoms with E-state index in [0.29, 0.717) is 11.1 Å². The van der Waals surface area contributed by atoms with Gasteiger partial charge in [0.25, 0.3) is 5.91 Å². The number of hydrogen-bond donors (Lipinski definition) is 1. The van der Waals surface area contributed by atoms with E-state index in [9.17, 15) is 14.4 Å². The first-order chi connectivity index (χ1) is 12.8. The zero-order chi connectivity index (χ0) is 20.1. The summed E-state index contributed by atoms with van der Waals surface area (Å²) in [5, 5.41) is 3.02. The van der Waals surface area contributed by atoms with Crippen molar-refractivity contribution in [1.82, 2.24) is 0 Å². The molecule has 1 amide bonds. The van der Waals surface area contributed by atoms with E-state index in [1.165, 1.54) is 0 Å². The summed E-state index contributed by atoms with van der Waals surface area (Å²) in [4.78, 5) is 37.5. The summed E-state index contributed by atoms with van der Waals surface area (Å²) >= 11 is 1.01. The third-order valence-corrected chi connectivity index (χ3v) is 5.27. The second-order valence-corrected chi connectivity index (χ2v) is 6.98. The van der Waals surface area contributed by atoms with Crippen LogP contribution in [0.2, 0.25) is 0 Å². The molecule has 0 aliphatic heterocycles. The Morgan fingerprint density at radius 3 is 2.19 bits per heavy atom. The zero-order valence-electron chi connectivity index (χ0n) is 16.1. The normalized spacial score (nSPS) is 10.4. The van der Waals surface area contributed by atoms with Crippen molar-refractivity contribution < 1.29 is 23.9 Å². The molecule has 1 heterocycles. The molecule has 7 heteroatoms. The molecule has 27 heavy (non-hydrogen) atoms. The summed E-state index contributed by atoms with van der Waals surface area (Å²) in [5.74, 6) is -1.48. The van der Waals surface area contributed by atoms with E-state index in [1.54, 1.807) is 32.9 Å². The number of aryl methyl sites for hydroxylation is 2. The van der Waals surface area contributed by atoms with Crippen LogP contribution in [-0.2, 0) is 9.47 Å². The van der Waals surface area contributed by atoms with Crippen LogP contribution in [0.1, 0.15) is 60.9 Å². The number of nitrogens with one attached hydrogen (secondary N) is 1. The fourth-order valence-electron chi connectivity index (χ4n) is 2.50. The Hall–Kier alpha value is -2.67. The Kier molecular flexibility index (Phi) is 6.74. The highest BCUT2D eigenvalue weighted by Crippen LogP contribution is 2.34. The maximum Gasteiger partial charge on any atom is 0.348 e. The third-order valence-electron chi connectivity index (χ3n) is 4.08. The molecule has 1 aromatic carbocycles. The number of anilines is 1. The molecule has 0 saturated heterocycles. The number of amides is 1. The number of carbonyl (C=O) groups excluding carboxylic acids is 3. The van der Waals surface area contributed by atoms with Crippen LogP contribution in [0.15, 0.2) is 18.2 Å². The van der Waals surface area contributed by atoms with E-state index in [-0.39, 0.29) is 34.6 Å². The van der Waals surface area contributed by atoms with Crippen LogP contribution < -0.4 is 5.32 Å². The lowest BCUT2D eigenvalue weighted by Crippen LogP contribution is -2.15. The molecule has 0 bridgehead atoms. The highest BCUT2D eigenvalue weighted by molar-refractivity contribution is 7.18. The van der Waals surface area contributed by atoms with Gasteiger partial charge in [0.2, 0.25) is 0 Å². The van der Waals surface area contributed by atoms with E-state index in [2.05, 4.69) is 5.32 Å². The first-order valence-corrected chi connectivity index (χ1v) is 9.47. The van der Waals surface area contributed by atoms with Gasteiger partial charge in [0.15, 0.2) is 0 Å². The fraction of sp³-hybridized carbons (Fsp3) is 0.350. The Morgan fingerprint density at radius 2 is 1.59 bits per heavy atom. The number of thiophene rings is 1. The van der Waals surface area contributed by atoms with Crippen molar-refractivity contribution in [3.8, 4) is 0 Å². The van der Waals surface area contributed by atoms with Gasteiger partial charge in [0, 0.05) is 5.56 Å². The van der Waals surface area contributed by atoms with E-state index in [0.717, 1.165) is 22.5 Å². The number of hydrogen-bond acceptors (Lipinski definition) is 6. The minimum atomic E-state index is -0.586. The second kappa shape index (κ2) is 8.81. The first-order valence-electron chi connectivity index (χ1n) is 8.66. The van der Waals surface area contributed by atoms with Gasteiger partial charge < -0.3 is 14.8 Å². The van der Waals surface area contributed by atoms with Gasteiger partial charge in [-0.05, 0) is 63.4 Å². The summed E-state index contributed by atoms with van der Waals surface area (Å²) in [6.07, 6.45) is 0. The molecule has 0 atom stereocenters. The Balaban J connectivity index is 2.42. The molecule has 0 fully saturated rings. The van der Waals surface area contributed by atoms with Crippen molar-refractivity contribution >= 4 is 34.2 Å². The Morgan fingerprint density at radius 1 is 0.963 bits per heavy atom. The fourth-order valence-corrected chi connectivity index (χ4v) is 3.58. The summed E-state index contributed by atoms with van der Waals surface area (Å²) in [6.45, 7) is 9.33. The van der Waals surface area contributed by atoms with Crippen molar-refractivity contribution in [2.45, 2.75) is 34.6 Å². The molecular weight excluding hydrogens is 366 g/mol. The maximum absolute atomic E-state index is 12.7. The summed E-state index contributed by atoms with van der Waals surface area (Å²) in [5.41, 5.74) is 3.16. The molecule has 2 rings (SSSR count). The topological polar surface area (TPSA) is 81.7 Å². The van der Waals surface area contributed by atoms with Crippen molar-refractivity contribution in [2.75, 3.05) is 18.5 Å². The van der Waals surface area contributed by atoms with Crippen LogP contribution in [-0.4, -0.2) is 31.1 Å². The minimum Gasteiger partial charge on any atom is -0.462 e. The molecule has 0 aliphatic rings. The van der Waals surface area contributed by atoms with Crippen LogP contribution in [0.25, 0.3) is 0 Å². The van der Waals surface area contributed by atoms with Gasteiger partial charge in [-0.1, -0.05) is 6.07 Å². The number of ether oxygens (including phenoxy) is 2. The van der Waals surface area contributed by atoms with E-state index < -0.39 is 11.9 Å². The molecule has 1 aromatic heterocycles. The van der Waals surface area contributed by atoms with Crippen LogP contribution in [0, 0.1) is 20.8 Å². The van der Waals surface area contributed by atoms with Gasteiger partial charge in [-0.3, -0.25) is 4.79 Å². The van der Waals surface area contributed by atoms with Gasteiger partial charge in [0.05, 0.1) is 18.8 Å². The van der Waals surface area contributed by atoms with Crippen molar-refractivity contribution in [2.24, 2.45) is 0 Å². The van der Waals surface area contributed by atoms with Gasteiger partial charge in [-0.25, -0.2) is 9.59 Å². The first kappa shape index (κ1) is 20.6. The Bertz CT molecular complexity index is 885. The molecule has 1 N–H and O–H groups in total. The number of benzene rings is 1. The largest absolute Gasteiger partial charge is 0.462 e. The van der Waals surface area contributed by atoms with Crippen molar-refractivity contribution in [1.29, 1.82) is 0 Å². The molecule has 6 nitrogen and oxygen atoms in total. The molecule has 0 radical (unpaired) electrons.